The normalized spacial score (nSPS) is 13.6. The summed E-state index contributed by atoms with van der Waals surface area (Å²) in [6, 6.07) is -0.714. The number of amides is 1. The van der Waals surface area contributed by atoms with E-state index in [0.717, 1.165) is 83.5 Å². The Labute approximate surface area is 372 Å². The third-order valence-corrected chi connectivity index (χ3v) is 11.7. The number of ether oxygens (including phenoxy) is 1. The van der Waals surface area contributed by atoms with E-state index in [-0.39, 0.29) is 24.9 Å². The standard InChI is InChI=1S/C54H99NO5/c1-4-7-10-13-16-19-21-23-25-27-29-31-34-36-39-42-45-50(48-53(58)55-51(49-56)52(57)46-43-40-37-33-18-15-12-9-6-3)60-54(59)47-44-41-38-35-32-30-28-26-24-22-20-17-14-11-8-5-2/h25-32,50-52,56-57H,4-24,33-49H2,1-3H3,(H,55,58)/b27-25+,28-26+,31-29+,32-30+. The number of aliphatic hydroxyl groups is 2. The lowest BCUT2D eigenvalue weighted by atomic mass is 10.0. The molecule has 0 aliphatic heterocycles. The number of aliphatic hydroxyl groups excluding tert-OH is 2. The molecule has 350 valence electrons. The van der Waals surface area contributed by atoms with Gasteiger partial charge in [-0.2, -0.15) is 0 Å². The highest BCUT2D eigenvalue weighted by atomic mass is 16.5. The Balaban J connectivity index is 4.67. The second-order valence-electron chi connectivity index (χ2n) is 17.6. The van der Waals surface area contributed by atoms with Crippen LogP contribution in [0.4, 0.5) is 0 Å². The molecule has 6 nitrogen and oxygen atoms in total. The molecule has 60 heavy (non-hydrogen) atoms. The third kappa shape index (κ3) is 42.5. The Morgan fingerprint density at radius 2 is 0.833 bits per heavy atom. The fourth-order valence-corrected chi connectivity index (χ4v) is 7.71. The van der Waals surface area contributed by atoms with Crippen molar-refractivity contribution in [1.29, 1.82) is 0 Å². The molecule has 6 heteroatoms. The minimum absolute atomic E-state index is 0.0493. The Bertz CT molecular complexity index is 1040. The van der Waals surface area contributed by atoms with Crippen LogP contribution in [0.2, 0.25) is 0 Å². The molecule has 0 fully saturated rings. The zero-order valence-corrected chi connectivity index (χ0v) is 39.8. The smallest absolute Gasteiger partial charge is 0.306 e. The van der Waals surface area contributed by atoms with E-state index < -0.39 is 18.2 Å². The van der Waals surface area contributed by atoms with Crippen LogP contribution in [0.1, 0.15) is 258 Å². The van der Waals surface area contributed by atoms with Gasteiger partial charge in [0.15, 0.2) is 0 Å². The number of rotatable bonds is 46. The predicted molar refractivity (Wildman–Crippen MR) is 259 cm³/mol. The van der Waals surface area contributed by atoms with Crippen molar-refractivity contribution in [2.24, 2.45) is 0 Å². The molecule has 3 N–H and O–H groups in total. The Hall–Kier alpha value is -2.18. The van der Waals surface area contributed by atoms with Crippen molar-refractivity contribution in [2.75, 3.05) is 6.61 Å². The van der Waals surface area contributed by atoms with Crippen LogP contribution < -0.4 is 5.32 Å². The summed E-state index contributed by atoms with van der Waals surface area (Å²) in [6.45, 7) is 6.44. The van der Waals surface area contributed by atoms with E-state index in [9.17, 15) is 19.8 Å². The first-order chi connectivity index (χ1) is 29.5. The average molecular weight is 842 g/mol. The molecule has 0 aliphatic carbocycles. The van der Waals surface area contributed by atoms with E-state index in [1.54, 1.807) is 0 Å². The summed E-state index contributed by atoms with van der Waals surface area (Å²) in [5, 5.41) is 23.7. The van der Waals surface area contributed by atoms with Crippen LogP contribution in [-0.2, 0) is 14.3 Å². The van der Waals surface area contributed by atoms with E-state index in [4.69, 9.17) is 4.74 Å². The Morgan fingerprint density at radius 1 is 0.483 bits per heavy atom. The lowest BCUT2D eigenvalue weighted by Gasteiger charge is -2.24. The Kier molecular flexibility index (Phi) is 46.1. The maximum absolute atomic E-state index is 13.2. The fraction of sp³-hybridized carbons (Fsp3) is 0.815. The van der Waals surface area contributed by atoms with Crippen molar-refractivity contribution >= 4 is 11.9 Å². The maximum Gasteiger partial charge on any atom is 0.306 e. The van der Waals surface area contributed by atoms with Gasteiger partial charge in [-0.15, -0.1) is 0 Å². The van der Waals surface area contributed by atoms with Crippen LogP contribution in [0.3, 0.4) is 0 Å². The highest BCUT2D eigenvalue weighted by Gasteiger charge is 2.24. The molecule has 0 aromatic rings. The van der Waals surface area contributed by atoms with Gasteiger partial charge in [0.1, 0.15) is 6.10 Å². The van der Waals surface area contributed by atoms with E-state index in [0.29, 0.717) is 19.3 Å². The number of hydrogen-bond donors (Lipinski definition) is 3. The topological polar surface area (TPSA) is 95.9 Å². The summed E-state index contributed by atoms with van der Waals surface area (Å²) in [5.41, 5.74) is 0. The second-order valence-corrected chi connectivity index (χ2v) is 17.6. The molecule has 0 spiro atoms. The molecule has 3 unspecified atom stereocenters. The number of carbonyl (C=O) groups excluding carboxylic acids is 2. The molecule has 0 rings (SSSR count). The van der Waals surface area contributed by atoms with Gasteiger partial charge in [0.25, 0.3) is 0 Å². The average Bonchev–Trinajstić information content (AvgIpc) is 3.24. The fourth-order valence-electron chi connectivity index (χ4n) is 7.71. The largest absolute Gasteiger partial charge is 0.462 e. The number of allylic oxidation sites excluding steroid dienone is 8. The zero-order valence-electron chi connectivity index (χ0n) is 39.8. The Morgan fingerprint density at radius 3 is 1.25 bits per heavy atom. The van der Waals surface area contributed by atoms with Gasteiger partial charge in [0, 0.05) is 6.42 Å². The molecule has 0 saturated heterocycles. The van der Waals surface area contributed by atoms with Crippen LogP contribution >= 0.6 is 0 Å². The summed E-state index contributed by atoms with van der Waals surface area (Å²) >= 11 is 0. The first kappa shape index (κ1) is 57.8. The summed E-state index contributed by atoms with van der Waals surface area (Å²) in [5.74, 6) is -0.528. The number of nitrogens with one attached hydrogen (secondary N) is 1. The third-order valence-electron chi connectivity index (χ3n) is 11.7. The van der Waals surface area contributed by atoms with Crippen LogP contribution in [0, 0.1) is 0 Å². The highest BCUT2D eigenvalue weighted by molar-refractivity contribution is 5.77. The highest BCUT2D eigenvalue weighted by Crippen LogP contribution is 2.17. The van der Waals surface area contributed by atoms with Gasteiger partial charge in [0.2, 0.25) is 5.91 Å². The van der Waals surface area contributed by atoms with Crippen molar-refractivity contribution in [2.45, 2.75) is 277 Å². The molecular formula is C54H99NO5. The summed E-state index contributed by atoms with van der Waals surface area (Å²) in [7, 11) is 0. The number of carbonyl (C=O) groups is 2. The number of esters is 1. The van der Waals surface area contributed by atoms with Crippen molar-refractivity contribution in [3.8, 4) is 0 Å². The molecule has 0 aliphatic rings. The van der Waals surface area contributed by atoms with Crippen LogP contribution in [-0.4, -0.2) is 46.9 Å². The van der Waals surface area contributed by atoms with Crippen LogP contribution in [0.25, 0.3) is 0 Å². The second kappa shape index (κ2) is 47.9. The first-order valence-corrected chi connectivity index (χ1v) is 25.9. The van der Waals surface area contributed by atoms with Crippen LogP contribution in [0.5, 0.6) is 0 Å². The van der Waals surface area contributed by atoms with Crippen molar-refractivity contribution < 1.29 is 24.5 Å². The minimum atomic E-state index is -0.798. The summed E-state index contributed by atoms with van der Waals surface area (Å²) in [6.07, 6.45) is 57.5. The molecule has 0 saturated carbocycles. The quantitative estimate of drug-likeness (QED) is 0.0322. The lowest BCUT2D eigenvalue weighted by molar-refractivity contribution is -0.151. The monoisotopic (exact) mass is 842 g/mol. The number of hydrogen-bond acceptors (Lipinski definition) is 5. The van der Waals surface area contributed by atoms with E-state index in [2.05, 4.69) is 74.7 Å². The van der Waals surface area contributed by atoms with E-state index in [1.807, 2.05) is 0 Å². The van der Waals surface area contributed by atoms with Crippen molar-refractivity contribution in [1.82, 2.24) is 5.32 Å². The molecule has 0 heterocycles. The van der Waals surface area contributed by atoms with E-state index in [1.165, 1.54) is 128 Å². The molecule has 0 bridgehead atoms. The van der Waals surface area contributed by atoms with Gasteiger partial charge in [-0.1, -0.05) is 217 Å². The van der Waals surface area contributed by atoms with Gasteiger partial charge < -0.3 is 20.3 Å². The zero-order chi connectivity index (χ0) is 43.8. The maximum atomic E-state index is 13.2. The predicted octanol–water partition coefficient (Wildman–Crippen LogP) is 15.5. The molecule has 0 aromatic heterocycles. The van der Waals surface area contributed by atoms with Gasteiger partial charge in [0.05, 0.1) is 25.2 Å². The lowest BCUT2D eigenvalue weighted by Crippen LogP contribution is -2.46. The van der Waals surface area contributed by atoms with Gasteiger partial charge in [-0.05, 0) is 77.0 Å². The van der Waals surface area contributed by atoms with E-state index >= 15 is 0 Å². The molecule has 0 radical (unpaired) electrons. The van der Waals surface area contributed by atoms with Gasteiger partial charge in [-0.3, -0.25) is 9.59 Å². The SMILES string of the molecule is CCCCCCCCC/C=C/C=C/CCCCCC(=O)OC(CCCCC/C=C/C=C/CCCCCCCCC)CC(=O)NC(CO)C(O)CCCCCCCCCCC. The molecular weight excluding hydrogens is 743 g/mol. The molecule has 1 amide bonds. The van der Waals surface area contributed by atoms with Crippen LogP contribution in [0.15, 0.2) is 48.6 Å². The van der Waals surface area contributed by atoms with Crippen molar-refractivity contribution in [3.05, 3.63) is 48.6 Å². The van der Waals surface area contributed by atoms with Gasteiger partial charge >= 0.3 is 5.97 Å². The molecule has 0 aromatic carbocycles. The van der Waals surface area contributed by atoms with Gasteiger partial charge in [-0.25, -0.2) is 0 Å². The number of unbranched alkanes of at least 4 members (excludes halogenated alkanes) is 28. The minimum Gasteiger partial charge on any atom is -0.462 e. The first-order valence-electron chi connectivity index (χ1n) is 25.9. The summed E-state index contributed by atoms with van der Waals surface area (Å²) in [4.78, 5) is 26.1. The summed E-state index contributed by atoms with van der Waals surface area (Å²) < 4.78 is 5.91. The molecule has 3 atom stereocenters. The van der Waals surface area contributed by atoms with Crippen molar-refractivity contribution in [3.63, 3.8) is 0 Å².